The summed E-state index contributed by atoms with van der Waals surface area (Å²) in [5.74, 6) is -0.520. The van der Waals surface area contributed by atoms with Crippen molar-refractivity contribution in [3.05, 3.63) is 81.3 Å². The van der Waals surface area contributed by atoms with Crippen LogP contribution in [-0.4, -0.2) is 51.3 Å². The summed E-state index contributed by atoms with van der Waals surface area (Å²) in [4.78, 5) is 36.8. The molecule has 0 saturated heterocycles. The number of carbonyl (C=O) groups excluding carboxylic acids is 3. The Morgan fingerprint density at radius 1 is 0.875 bits per heavy atom. The summed E-state index contributed by atoms with van der Waals surface area (Å²) in [5, 5.41) is 9.23. The predicted molar refractivity (Wildman–Crippen MR) is 156 cm³/mol. The molecule has 0 heterocycles. The number of amides is 3. The van der Waals surface area contributed by atoms with Gasteiger partial charge in [-0.3, -0.25) is 14.4 Å². The summed E-state index contributed by atoms with van der Waals surface area (Å²) in [6.07, 6.45) is 1.81. The summed E-state index contributed by atoms with van der Waals surface area (Å²) in [6, 6.07) is 16.3. The normalized spacial score (nSPS) is 10.6. The van der Waals surface area contributed by atoms with E-state index < -0.39 is 11.8 Å². The Balaban J connectivity index is 1.50. The number of rotatable bonds is 11. The molecule has 3 aromatic rings. The van der Waals surface area contributed by atoms with E-state index >= 15 is 0 Å². The summed E-state index contributed by atoms with van der Waals surface area (Å²) in [7, 11) is 3.10. The van der Waals surface area contributed by atoms with Gasteiger partial charge in [0.05, 0.1) is 20.4 Å². The lowest BCUT2D eigenvalue weighted by atomic mass is 10.1. The quantitative estimate of drug-likeness (QED) is 0.172. The largest absolute Gasteiger partial charge is 0.493 e. The van der Waals surface area contributed by atoms with Crippen LogP contribution in [0.1, 0.15) is 22.3 Å². The molecule has 3 rings (SSSR count). The predicted octanol–water partition coefficient (Wildman–Crippen LogP) is 3.91. The van der Waals surface area contributed by atoms with Crippen LogP contribution < -0.4 is 30.3 Å². The first-order chi connectivity index (χ1) is 19.2. The van der Waals surface area contributed by atoms with Gasteiger partial charge in [0.1, 0.15) is 5.75 Å². The molecule has 11 heteroatoms. The van der Waals surface area contributed by atoms with E-state index in [0.717, 1.165) is 21.2 Å². The Bertz CT molecular complexity index is 1390. The van der Waals surface area contributed by atoms with Gasteiger partial charge < -0.3 is 24.8 Å². The molecule has 40 heavy (non-hydrogen) atoms. The van der Waals surface area contributed by atoms with E-state index in [1.165, 1.54) is 6.21 Å². The van der Waals surface area contributed by atoms with Gasteiger partial charge in [0, 0.05) is 22.3 Å². The molecule has 0 bridgehead atoms. The van der Waals surface area contributed by atoms with Crippen LogP contribution in [0.25, 0.3) is 0 Å². The van der Waals surface area contributed by atoms with Crippen molar-refractivity contribution in [2.24, 2.45) is 5.10 Å². The molecule has 0 spiro atoms. The van der Waals surface area contributed by atoms with Gasteiger partial charge in [-0.2, -0.15) is 5.10 Å². The first-order valence-electron chi connectivity index (χ1n) is 12.3. The van der Waals surface area contributed by atoms with Crippen molar-refractivity contribution in [3.8, 4) is 17.2 Å². The third-order valence-corrected chi connectivity index (χ3v) is 6.05. The lowest BCUT2D eigenvalue weighted by Crippen LogP contribution is -2.38. The number of carbonyl (C=O) groups is 3. The fraction of sp³-hybridized carbons (Fsp3) is 0.241. The maximum absolute atomic E-state index is 12.4. The van der Waals surface area contributed by atoms with Crippen molar-refractivity contribution < 1.29 is 28.6 Å². The van der Waals surface area contributed by atoms with Crippen molar-refractivity contribution in [1.29, 1.82) is 0 Å². The number of hydrogen-bond acceptors (Lipinski definition) is 7. The summed E-state index contributed by atoms with van der Waals surface area (Å²) >= 11 is 3.38. The molecule has 0 aliphatic carbocycles. The van der Waals surface area contributed by atoms with E-state index in [4.69, 9.17) is 14.2 Å². The Hall–Kier alpha value is -4.38. The van der Waals surface area contributed by atoms with Crippen LogP contribution in [0, 0.1) is 13.8 Å². The van der Waals surface area contributed by atoms with E-state index in [1.54, 1.807) is 44.6 Å². The van der Waals surface area contributed by atoms with Gasteiger partial charge in [-0.15, -0.1) is 0 Å². The molecule has 0 atom stereocenters. The third kappa shape index (κ3) is 9.12. The zero-order valence-corrected chi connectivity index (χ0v) is 24.3. The molecule has 10 nitrogen and oxygen atoms in total. The number of ether oxygens (including phenoxy) is 3. The van der Waals surface area contributed by atoms with Crippen LogP contribution in [0.2, 0.25) is 0 Å². The Kier molecular flexibility index (Phi) is 11.1. The van der Waals surface area contributed by atoms with Crippen LogP contribution in [0.3, 0.4) is 0 Å². The van der Waals surface area contributed by atoms with Crippen molar-refractivity contribution in [2.45, 2.75) is 20.3 Å². The monoisotopic (exact) mass is 610 g/mol. The first-order valence-corrected chi connectivity index (χ1v) is 13.1. The minimum atomic E-state index is -0.922. The summed E-state index contributed by atoms with van der Waals surface area (Å²) in [5.41, 5.74) is 6.36. The van der Waals surface area contributed by atoms with E-state index in [9.17, 15) is 14.4 Å². The number of hydrogen-bond donors (Lipinski definition) is 3. The first kappa shape index (κ1) is 30.2. The fourth-order valence-electron chi connectivity index (χ4n) is 3.79. The molecule has 210 valence electrons. The number of halogens is 1. The molecule has 0 aromatic heterocycles. The van der Waals surface area contributed by atoms with Gasteiger partial charge in [0.2, 0.25) is 0 Å². The molecule has 3 N–H and O–H groups in total. The van der Waals surface area contributed by atoms with E-state index in [0.29, 0.717) is 34.9 Å². The third-order valence-electron chi connectivity index (χ3n) is 5.56. The Morgan fingerprint density at radius 2 is 1.57 bits per heavy atom. The fourth-order valence-corrected chi connectivity index (χ4v) is 4.17. The molecular formula is C29H31BrN4O6. The number of benzene rings is 3. The topological polar surface area (TPSA) is 127 Å². The minimum Gasteiger partial charge on any atom is -0.493 e. The standard InChI is InChI=1S/C29H31BrN4O6/c1-18-11-19(2)13-23(12-18)33-27(35)17-40-24-8-6-22(30)15-21(24)16-32-34-29(37)28(36)31-10-9-20-5-7-25(38-3)26(14-20)39-4/h5-8,11-16H,9-10,17H2,1-4H3,(H,31,36)(H,33,35)(H,34,37)/b32-16-. The van der Waals surface area contributed by atoms with Gasteiger partial charge in [0.25, 0.3) is 5.91 Å². The van der Waals surface area contributed by atoms with Gasteiger partial charge in [-0.1, -0.05) is 28.1 Å². The molecule has 3 aromatic carbocycles. The number of methoxy groups -OCH3 is 2. The van der Waals surface area contributed by atoms with Crippen molar-refractivity contribution in [3.63, 3.8) is 0 Å². The molecule has 0 aliphatic heterocycles. The van der Waals surface area contributed by atoms with Crippen molar-refractivity contribution >= 4 is 45.6 Å². The molecular weight excluding hydrogens is 580 g/mol. The van der Waals surface area contributed by atoms with Crippen molar-refractivity contribution in [2.75, 3.05) is 32.7 Å². The average molecular weight is 611 g/mol. The second-order valence-corrected chi connectivity index (χ2v) is 9.71. The zero-order valence-electron chi connectivity index (χ0n) is 22.7. The van der Waals surface area contributed by atoms with Gasteiger partial charge in [0.15, 0.2) is 18.1 Å². The van der Waals surface area contributed by atoms with Gasteiger partial charge >= 0.3 is 11.8 Å². The smallest absolute Gasteiger partial charge is 0.329 e. The Labute approximate surface area is 241 Å². The van der Waals surface area contributed by atoms with Crippen molar-refractivity contribution in [1.82, 2.24) is 10.7 Å². The SMILES string of the molecule is COc1ccc(CCNC(=O)C(=O)N/N=C\c2cc(Br)ccc2OCC(=O)Nc2cc(C)cc(C)c2)cc1OC. The second kappa shape index (κ2) is 14.7. The van der Waals surface area contributed by atoms with E-state index in [-0.39, 0.29) is 19.1 Å². The van der Waals surface area contributed by atoms with Gasteiger partial charge in [-0.25, -0.2) is 5.43 Å². The highest BCUT2D eigenvalue weighted by atomic mass is 79.9. The summed E-state index contributed by atoms with van der Waals surface area (Å²) < 4.78 is 16.9. The lowest BCUT2D eigenvalue weighted by molar-refractivity contribution is -0.139. The minimum absolute atomic E-state index is 0.232. The zero-order chi connectivity index (χ0) is 29.1. The van der Waals surface area contributed by atoms with Crippen LogP contribution >= 0.6 is 15.9 Å². The second-order valence-electron chi connectivity index (χ2n) is 8.79. The molecule has 0 saturated carbocycles. The lowest BCUT2D eigenvalue weighted by Gasteiger charge is -2.11. The van der Waals surface area contributed by atoms with E-state index in [2.05, 4.69) is 37.1 Å². The highest BCUT2D eigenvalue weighted by Crippen LogP contribution is 2.27. The molecule has 3 amide bonds. The number of hydrazone groups is 1. The van der Waals surface area contributed by atoms with Crippen LogP contribution in [0.4, 0.5) is 5.69 Å². The Morgan fingerprint density at radius 3 is 2.27 bits per heavy atom. The molecule has 0 aliphatic rings. The van der Waals surface area contributed by atoms with Crippen LogP contribution in [0.5, 0.6) is 17.2 Å². The highest BCUT2D eigenvalue weighted by molar-refractivity contribution is 9.10. The number of nitrogens with one attached hydrogen (secondary N) is 3. The summed E-state index contributed by atoms with van der Waals surface area (Å²) in [6.45, 7) is 3.91. The van der Waals surface area contributed by atoms with Gasteiger partial charge in [-0.05, 0) is 79.4 Å². The molecule has 0 radical (unpaired) electrons. The number of aryl methyl sites for hydroxylation is 2. The average Bonchev–Trinajstić information content (AvgIpc) is 2.91. The number of anilines is 1. The molecule has 0 fully saturated rings. The van der Waals surface area contributed by atoms with Crippen LogP contribution in [0.15, 0.2) is 64.2 Å². The number of nitrogens with zero attached hydrogens (tertiary/aromatic N) is 1. The highest BCUT2D eigenvalue weighted by Gasteiger charge is 2.13. The maximum atomic E-state index is 12.4. The maximum Gasteiger partial charge on any atom is 0.329 e. The van der Waals surface area contributed by atoms with E-state index in [1.807, 2.05) is 38.1 Å². The van der Waals surface area contributed by atoms with Crippen LogP contribution in [-0.2, 0) is 20.8 Å². The molecule has 0 unspecified atom stereocenters.